The third kappa shape index (κ3) is 3.85. The number of hydrogen-bond acceptors (Lipinski definition) is 2. The Bertz CT molecular complexity index is 768. The summed E-state index contributed by atoms with van der Waals surface area (Å²) in [6, 6.07) is 13.3. The van der Waals surface area contributed by atoms with Crippen molar-refractivity contribution < 1.29 is 13.0 Å². The Morgan fingerprint density at radius 2 is 1.68 bits per heavy atom. The van der Waals surface area contributed by atoms with Crippen LogP contribution in [0.2, 0.25) is 6.04 Å². The molecule has 0 aromatic heterocycles. The fraction of sp³-hybridized carbons (Fsp3) is 0.294. The average molecular weight is 335 g/mol. The van der Waals surface area contributed by atoms with Gasteiger partial charge in [-0.05, 0) is 43.9 Å². The second kappa shape index (κ2) is 6.77. The summed E-state index contributed by atoms with van der Waals surface area (Å²) in [4.78, 5) is 0.0975. The van der Waals surface area contributed by atoms with Gasteiger partial charge in [0.15, 0.2) is 0 Å². The minimum atomic E-state index is -4.16. The van der Waals surface area contributed by atoms with Crippen molar-refractivity contribution in [3.05, 3.63) is 58.7 Å². The molecule has 0 spiro atoms. The average Bonchev–Trinajstić information content (AvgIpc) is 2.41. The highest BCUT2D eigenvalue weighted by Crippen LogP contribution is 2.20. The molecule has 5 heteroatoms. The fourth-order valence-corrected chi connectivity index (χ4v) is 6.19. The van der Waals surface area contributed by atoms with E-state index < -0.39 is 19.6 Å². The molecule has 3 nitrogen and oxygen atoms in total. The molecule has 0 saturated carbocycles. The second-order valence-electron chi connectivity index (χ2n) is 5.76. The largest absolute Gasteiger partial charge is 0.295 e. The molecule has 0 amide bonds. The van der Waals surface area contributed by atoms with Crippen LogP contribution in [0.3, 0.4) is 0 Å². The summed E-state index contributed by atoms with van der Waals surface area (Å²) >= 11 is 0. The van der Waals surface area contributed by atoms with Crippen LogP contribution >= 0.6 is 0 Å². The van der Waals surface area contributed by atoms with Crippen LogP contribution < -0.4 is 5.19 Å². The van der Waals surface area contributed by atoms with Gasteiger partial charge in [0, 0.05) is 0 Å². The highest BCUT2D eigenvalue weighted by Gasteiger charge is 2.20. The Hall–Kier alpha value is -1.43. The Morgan fingerprint density at radius 1 is 1.05 bits per heavy atom. The van der Waals surface area contributed by atoms with Gasteiger partial charge in [0.2, 0.25) is 0 Å². The van der Waals surface area contributed by atoms with Gasteiger partial charge in [0.05, 0.1) is 14.4 Å². The van der Waals surface area contributed by atoms with Crippen molar-refractivity contribution in [1.29, 1.82) is 0 Å². The van der Waals surface area contributed by atoms with Crippen LogP contribution in [-0.4, -0.2) is 22.5 Å². The van der Waals surface area contributed by atoms with E-state index in [9.17, 15) is 13.0 Å². The Kier molecular flexibility index (Phi) is 5.21. The molecule has 1 N–H and O–H groups in total. The zero-order valence-electron chi connectivity index (χ0n) is 13.3. The maximum absolute atomic E-state index is 11.6. The number of aryl methyl sites for hydroxylation is 3. The van der Waals surface area contributed by atoms with Gasteiger partial charge < -0.3 is 0 Å². The van der Waals surface area contributed by atoms with Crippen LogP contribution in [0.25, 0.3) is 0 Å². The van der Waals surface area contributed by atoms with Crippen LogP contribution in [0.1, 0.15) is 22.3 Å². The molecule has 0 unspecified atom stereocenters. The molecule has 0 heterocycles. The maximum atomic E-state index is 11.6. The lowest BCUT2D eigenvalue weighted by atomic mass is 10.1. The summed E-state index contributed by atoms with van der Waals surface area (Å²) in [6.45, 7) is 5.57. The molecule has 118 valence electrons. The molecule has 0 atom stereocenters. The summed E-state index contributed by atoms with van der Waals surface area (Å²) in [7, 11) is -4.74. The monoisotopic (exact) mass is 334 g/mol. The zero-order chi connectivity index (χ0) is 16.3. The molecule has 0 saturated heterocycles. The molecule has 0 radical (unpaired) electrons. The highest BCUT2D eigenvalue weighted by molar-refractivity contribution is 7.86. The first-order valence-corrected chi connectivity index (χ1v) is 10.6. The van der Waals surface area contributed by atoms with E-state index in [1.807, 2.05) is 38.1 Å². The SMILES string of the molecule is Cc1cc(C)c(S(=O)(=O)O)c(C)c1[SiH2]CCc1ccccc1. The Labute approximate surface area is 135 Å². The van der Waals surface area contributed by atoms with Crippen LogP contribution in [-0.2, 0) is 16.5 Å². The van der Waals surface area contributed by atoms with Gasteiger partial charge in [0.25, 0.3) is 10.1 Å². The van der Waals surface area contributed by atoms with E-state index in [2.05, 4.69) is 12.1 Å². The van der Waals surface area contributed by atoms with Crippen molar-refractivity contribution in [3.63, 3.8) is 0 Å². The lowest BCUT2D eigenvalue weighted by Crippen LogP contribution is -2.24. The third-order valence-corrected chi connectivity index (χ3v) is 7.49. The van der Waals surface area contributed by atoms with E-state index in [1.54, 1.807) is 6.92 Å². The van der Waals surface area contributed by atoms with E-state index in [1.165, 1.54) is 5.56 Å². The van der Waals surface area contributed by atoms with Crippen molar-refractivity contribution in [3.8, 4) is 0 Å². The summed E-state index contributed by atoms with van der Waals surface area (Å²) in [6.07, 6.45) is 1.01. The second-order valence-corrected chi connectivity index (χ2v) is 9.03. The molecule has 0 fully saturated rings. The third-order valence-electron chi connectivity index (χ3n) is 4.05. The van der Waals surface area contributed by atoms with E-state index in [0.717, 1.165) is 28.8 Å². The van der Waals surface area contributed by atoms with Crippen LogP contribution in [0.5, 0.6) is 0 Å². The van der Waals surface area contributed by atoms with Gasteiger partial charge >= 0.3 is 0 Å². The molecule has 0 aliphatic carbocycles. The van der Waals surface area contributed by atoms with Crippen molar-refractivity contribution in [1.82, 2.24) is 0 Å². The minimum absolute atomic E-state index is 0.0975. The predicted octanol–water partition coefficient (Wildman–Crippen LogP) is 2.31. The first-order valence-electron chi connectivity index (χ1n) is 7.42. The smallest absolute Gasteiger partial charge is 0.282 e. The topological polar surface area (TPSA) is 54.4 Å². The molecule has 0 bridgehead atoms. The molecular weight excluding hydrogens is 312 g/mol. The normalized spacial score (nSPS) is 12.2. The zero-order valence-corrected chi connectivity index (χ0v) is 15.5. The van der Waals surface area contributed by atoms with Gasteiger partial charge in [-0.3, -0.25) is 4.55 Å². The van der Waals surface area contributed by atoms with Gasteiger partial charge in [-0.1, -0.05) is 53.2 Å². The Morgan fingerprint density at radius 3 is 2.27 bits per heavy atom. The van der Waals surface area contributed by atoms with Gasteiger partial charge in [-0.25, -0.2) is 0 Å². The lowest BCUT2D eigenvalue weighted by molar-refractivity contribution is 0.482. The Balaban J connectivity index is 2.24. The van der Waals surface area contributed by atoms with E-state index in [0.29, 0.717) is 5.56 Å². The lowest BCUT2D eigenvalue weighted by Gasteiger charge is -2.15. The van der Waals surface area contributed by atoms with Gasteiger partial charge in [0.1, 0.15) is 0 Å². The maximum Gasteiger partial charge on any atom is 0.295 e. The minimum Gasteiger partial charge on any atom is -0.282 e. The van der Waals surface area contributed by atoms with E-state index in [-0.39, 0.29) is 4.90 Å². The molecule has 2 aromatic rings. The molecule has 0 aliphatic heterocycles. The standard InChI is InChI=1S/C17H22O3SSi/c1-12-11-13(2)17(14(3)16(12)21(18,19)20)22-10-9-15-7-5-4-6-8-15/h4-8,11H,9-10,22H2,1-3H3,(H,18,19,20). The van der Waals surface area contributed by atoms with Crippen molar-refractivity contribution >= 4 is 24.8 Å². The first-order chi connectivity index (χ1) is 10.3. The number of hydrogen-bond donors (Lipinski definition) is 1. The number of rotatable bonds is 5. The number of benzene rings is 2. The molecule has 2 rings (SSSR count). The van der Waals surface area contributed by atoms with E-state index >= 15 is 0 Å². The van der Waals surface area contributed by atoms with Gasteiger partial charge in [-0.2, -0.15) is 8.42 Å². The van der Waals surface area contributed by atoms with Gasteiger partial charge in [-0.15, -0.1) is 0 Å². The molecule has 2 aromatic carbocycles. The summed E-state index contributed by atoms with van der Waals surface area (Å²) in [5, 5.41) is 1.16. The summed E-state index contributed by atoms with van der Waals surface area (Å²) in [5.74, 6) is 0. The van der Waals surface area contributed by atoms with Crippen LogP contribution in [0.4, 0.5) is 0 Å². The fourth-order valence-electron chi connectivity index (χ4n) is 3.10. The highest BCUT2D eigenvalue weighted by atomic mass is 32.2. The first kappa shape index (κ1) is 16.9. The van der Waals surface area contributed by atoms with E-state index in [4.69, 9.17) is 0 Å². The van der Waals surface area contributed by atoms with Crippen molar-refractivity contribution in [2.75, 3.05) is 0 Å². The molecular formula is C17H22O3SSi. The quantitative estimate of drug-likeness (QED) is 0.674. The van der Waals surface area contributed by atoms with Crippen molar-refractivity contribution in [2.45, 2.75) is 38.1 Å². The predicted molar refractivity (Wildman–Crippen MR) is 93.6 cm³/mol. The summed E-state index contributed by atoms with van der Waals surface area (Å²) in [5.41, 5.74) is 3.81. The molecule has 22 heavy (non-hydrogen) atoms. The summed E-state index contributed by atoms with van der Waals surface area (Å²) < 4.78 is 32.7. The van der Waals surface area contributed by atoms with Crippen LogP contribution in [0, 0.1) is 20.8 Å². The van der Waals surface area contributed by atoms with Crippen molar-refractivity contribution in [2.24, 2.45) is 0 Å². The van der Waals surface area contributed by atoms with Crippen LogP contribution in [0.15, 0.2) is 41.3 Å². The molecule has 0 aliphatic rings.